The van der Waals surface area contributed by atoms with Gasteiger partial charge in [0.1, 0.15) is 5.82 Å². The van der Waals surface area contributed by atoms with E-state index in [9.17, 15) is 0 Å². The van der Waals surface area contributed by atoms with Gasteiger partial charge >= 0.3 is 0 Å². The Morgan fingerprint density at radius 2 is 2.00 bits per heavy atom. The first-order valence-electron chi connectivity index (χ1n) is 7.53. The van der Waals surface area contributed by atoms with Crippen molar-refractivity contribution in [1.82, 2.24) is 25.1 Å². The summed E-state index contributed by atoms with van der Waals surface area (Å²) in [5.74, 6) is 2.32. The lowest BCUT2D eigenvalue weighted by atomic mass is 10.2. The number of hydrogen-bond donors (Lipinski definition) is 2. The van der Waals surface area contributed by atoms with E-state index < -0.39 is 0 Å². The molecule has 0 atom stereocenters. The van der Waals surface area contributed by atoms with Crippen molar-refractivity contribution in [3.05, 3.63) is 6.20 Å². The van der Waals surface area contributed by atoms with Crippen LogP contribution in [0.4, 0.5) is 11.8 Å². The zero-order valence-electron chi connectivity index (χ0n) is 12.9. The van der Waals surface area contributed by atoms with E-state index in [0.717, 1.165) is 43.0 Å². The van der Waals surface area contributed by atoms with Gasteiger partial charge in [-0.25, -0.2) is 0 Å². The van der Waals surface area contributed by atoms with Crippen LogP contribution in [0.15, 0.2) is 6.20 Å². The summed E-state index contributed by atoms with van der Waals surface area (Å²) in [5, 5.41) is 11.0. The zero-order valence-corrected chi connectivity index (χ0v) is 12.9. The van der Waals surface area contributed by atoms with Crippen LogP contribution in [0.3, 0.4) is 0 Å². The van der Waals surface area contributed by atoms with E-state index in [-0.39, 0.29) is 0 Å². The van der Waals surface area contributed by atoms with Gasteiger partial charge in [0.2, 0.25) is 5.95 Å². The fourth-order valence-electron chi connectivity index (χ4n) is 2.83. The van der Waals surface area contributed by atoms with E-state index in [2.05, 4.69) is 49.1 Å². The van der Waals surface area contributed by atoms with Gasteiger partial charge in [0.15, 0.2) is 5.65 Å². The van der Waals surface area contributed by atoms with Crippen LogP contribution < -0.4 is 10.2 Å². The molecule has 0 radical (unpaired) electrons. The molecule has 0 aliphatic carbocycles. The number of anilines is 2. The smallest absolute Gasteiger partial charge is 0.226 e. The molecule has 3 rings (SSSR count). The van der Waals surface area contributed by atoms with E-state index in [1.165, 1.54) is 6.54 Å². The molecule has 0 bridgehead atoms. The number of nitrogens with zero attached hydrogens (tertiary/aromatic N) is 5. The predicted octanol–water partition coefficient (Wildman–Crippen LogP) is 1.17. The van der Waals surface area contributed by atoms with Crippen molar-refractivity contribution in [3.63, 3.8) is 0 Å². The SMILES string of the molecule is CNc1nc(N2CCN(CC(C)C)CC2)c2cn[nH]c2n1. The van der Waals surface area contributed by atoms with Crippen molar-refractivity contribution in [1.29, 1.82) is 0 Å². The Morgan fingerprint density at radius 3 is 2.67 bits per heavy atom. The standard InChI is InChI=1S/C14H23N7/c1-10(2)9-20-4-6-21(7-5-20)13-11-8-16-19-12(11)17-14(15-3)18-13/h8,10H,4-7,9H2,1-3H3,(H2,15,16,17,18,19). The lowest BCUT2D eigenvalue weighted by Crippen LogP contribution is -2.47. The number of hydrogen-bond acceptors (Lipinski definition) is 6. The largest absolute Gasteiger partial charge is 0.357 e. The number of piperazine rings is 1. The third-order valence-electron chi connectivity index (χ3n) is 3.81. The molecule has 2 N–H and O–H groups in total. The average Bonchev–Trinajstić information content (AvgIpc) is 2.94. The Labute approximate surface area is 124 Å². The summed E-state index contributed by atoms with van der Waals surface area (Å²) in [7, 11) is 1.84. The van der Waals surface area contributed by atoms with Crippen molar-refractivity contribution in [3.8, 4) is 0 Å². The van der Waals surface area contributed by atoms with Gasteiger partial charge in [-0.2, -0.15) is 15.1 Å². The Morgan fingerprint density at radius 1 is 1.24 bits per heavy atom. The fraction of sp³-hybridized carbons (Fsp3) is 0.643. The van der Waals surface area contributed by atoms with E-state index in [4.69, 9.17) is 0 Å². The van der Waals surface area contributed by atoms with Crippen LogP contribution in [0, 0.1) is 5.92 Å². The molecule has 7 nitrogen and oxygen atoms in total. The summed E-state index contributed by atoms with van der Waals surface area (Å²) < 4.78 is 0. The third kappa shape index (κ3) is 2.92. The van der Waals surface area contributed by atoms with Crippen molar-refractivity contribution in [2.75, 3.05) is 50.0 Å². The van der Waals surface area contributed by atoms with Gasteiger partial charge in [-0.3, -0.25) is 10.00 Å². The molecular weight excluding hydrogens is 266 g/mol. The first-order valence-corrected chi connectivity index (χ1v) is 7.53. The second-order valence-corrected chi connectivity index (χ2v) is 5.93. The summed E-state index contributed by atoms with van der Waals surface area (Å²) in [6.07, 6.45) is 1.81. The second-order valence-electron chi connectivity index (χ2n) is 5.93. The van der Waals surface area contributed by atoms with Crippen LogP contribution >= 0.6 is 0 Å². The lowest BCUT2D eigenvalue weighted by molar-refractivity contribution is 0.231. The summed E-state index contributed by atoms with van der Waals surface area (Å²) in [6.45, 7) is 9.85. The minimum atomic E-state index is 0.631. The predicted molar refractivity (Wildman–Crippen MR) is 84.7 cm³/mol. The van der Waals surface area contributed by atoms with Crippen LogP contribution in [0.5, 0.6) is 0 Å². The number of aromatic amines is 1. The summed E-state index contributed by atoms with van der Waals surface area (Å²) in [4.78, 5) is 13.9. The van der Waals surface area contributed by atoms with Gasteiger partial charge in [-0.1, -0.05) is 13.8 Å². The molecule has 0 unspecified atom stereocenters. The van der Waals surface area contributed by atoms with Crippen molar-refractivity contribution in [2.24, 2.45) is 5.92 Å². The minimum Gasteiger partial charge on any atom is -0.357 e. The van der Waals surface area contributed by atoms with Crippen LogP contribution in [-0.2, 0) is 0 Å². The van der Waals surface area contributed by atoms with Crippen LogP contribution in [-0.4, -0.2) is 64.8 Å². The number of fused-ring (bicyclic) bond motifs is 1. The van der Waals surface area contributed by atoms with Crippen LogP contribution in [0.1, 0.15) is 13.8 Å². The van der Waals surface area contributed by atoms with Gasteiger partial charge < -0.3 is 10.2 Å². The van der Waals surface area contributed by atoms with E-state index in [1.54, 1.807) is 0 Å². The molecule has 3 heterocycles. The van der Waals surface area contributed by atoms with Gasteiger partial charge in [0.05, 0.1) is 11.6 Å². The molecule has 21 heavy (non-hydrogen) atoms. The highest BCUT2D eigenvalue weighted by Gasteiger charge is 2.21. The first-order chi connectivity index (χ1) is 10.2. The highest BCUT2D eigenvalue weighted by atomic mass is 15.3. The average molecular weight is 289 g/mol. The van der Waals surface area contributed by atoms with Crippen LogP contribution in [0.25, 0.3) is 11.0 Å². The highest BCUT2D eigenvalue weighted by Crippen LogP contribution is 2.24. The van der Waals surface area contributed by atoms with Gasteiger partial charge in [-0.15, -0.1) is 0 Å². The van der Waals surface area contributed by atoms with Gasteiger partial charge in [0, 0.05) is 39.8 Å². The van der Waals surface area contributed by atoms with Gasteiger partial charge in [0.25, 0.3) is 0 Å². The van der Waals surface area contributed by atoms with Gasteiger partial charge in [-0.05, 0) is 5.92 Å². The maximum Gasteiger partial charge on any atom is 0.226 e. The molecule has 7 heteroatoms. The second kappa shape index (κ2) is 5.85. The molecule has 0 spiro atoms. The third-order valence-corrected chi connectivity index (χ3v) is 3.81. The number of aromatic nitrogens is 4. The van der Waals surface area contributed by atoms with Crippen molar-refractivity contribution >= 4 is 22.8 Å². The summed E-state index contributed by atoms with van der Waals surface area (Å²) >= 11 is 0. The Balaban J connectivity index is 1.80. The van der Waals surface area contributed by atoms with E-state index in [0.29, 0.717) is 11.9 Å². The molecule has 114 valence electrons. The number of rotatable bonds is 4. The van der Waals surface area contributed by atoms with Crippen molar-refractivity contribution < 1.29 is 0 Å². The molecular formula is C14H23N7. The molecule has 1 saturated heterocycles. The topological polar surface area (TPSA) is 73.0 Å². The number of nitrogens with one attached hydrogen (secondary N) is 2. The minimum absolute atomic E-state index is 0.631. The molecule has 0 saturated carbocycles. The molecule has 1 fully saturated rings. The zero-order chi connectivity index (χ0) is 14.8. The highest BCUT2D eigenvalue weighted by molar-refractivity contribution is 5.87. The summed E-state index contributed by atoms with van der Waals surface area (Å²) in [6, 6.07) is 0. The summed E-state index contributed by atoms with van der Waals surface area (Å²) in [5.41, 5.74) is 0.786. The Kier molecular flexibility index (Phi) is 3.92. The molecule has 1 aliphatic heterocycles. The maximum absolute atomic E-state index is 4.63. The monoisotopic (exact) mass is 289 g/mol. The molecule has 2 aromatic heterocycles. The molecule has 0 amide bonds. The Hall–Kier alpha value is -1.89. The van der Waals surface area contributed by atoms with Crippen molar-refractivity contribution in [2.45, 2.75) is 13.8 Å². The van der Waals surface area contributed by atoms with E-state index >= 15 is 0 Å². The van der Waals surface area contributed by atoms with Crippen LogP contribution in [0.2, 0.25) is 0 Å². The molecule has 0 aromatic carbocycles. The fourth-order valence-corrected chi connectivity index (χ4v) is 2.83. The van der Waals surface area contributed by atoms with E-state index in [1.807, 2.05) is 13.2 Å². The lowest BCUT2D eigenvalue weighted by Gasteiger charge is -2.36. The maximum atomic E-state index is 4.63. The normalized spacial score (nSPS) is 16.9. The Bertz CT molecular complexity index is 598. The molecule has 2 aromatic rings. The first kappa shape index (κ1) is 14.1. The quantitative estimate of drug-likeness (QED) is 0.880. The molecule has 1 aliphatic rings. The number of H-pyrrole nitrogens is 1.